The highest BCUT2D eigenvalue weighted by Gasteiger charge is 2.38. The van der Waals surface area contributed by atoms with E-state index in [2.05, 4.69) is 15.6 Å². The zero-order valence-electron chi connectivity index (χ0n) is 18.2. The average molecular weight is 431 g/mol. The first-order valence-electron chi connectivity index (χ1n) is 10.7. The van der Waals surface area contributed by atoms with Gasteiger partial charge in [0.2, 0.25) is 18.1 Å². The molecule has 0 saturated carbocycles. The number of rotatable bonds is 10. The lowest BCUT2D eigenvalue weighted by atomic mass is 9.91. The van der Waals surface area contributed by atoms with Crippen LogP contribution in [-0.4, -0.2) is 52.8 Å². The van der Waals surface area contributed by atoms with E-state index in [1.807, 2.05) is 42.7 Å². The molecular formula is C22H30N4O5. The maximum absolute atomic E-state index is 12.8. The van der Waals surface area contributed by atoms with E-state index in [-0.39, 0.29) is 30.6 Å². The van der Waals surface area contributed by atoms with E-state index in [9.17, 15) is 14.4 Å². The van der Waals surface area contributed by atoms with Gasteiger partial charge in [0.1, 0.15) is 6.04 Å². The summed E-state index contributed by atoms with van der Waals surface area (Å²) in [6, 6.07) is 7.26. The number of cyclic esters (lactones) is 1. The number of ether oxygens (including phenoxy) is 2. The molecule has 31 heavy (non-hydrogen) atoms. The van der Waals surface area contributed by atoms with Crippen LogP contribution in [0.5, 0.6) is 0 Å². The molecule has 1 saturated heterocycles. The van der Waals surface area contributed by atoms with Gasteiger partial charge in [0.25, 0.3) is 0 Å². The molecule has 2 amide bonds. The van der Waals surface area contributed by atoms with Gasteiger partial charge in [-0.1, -0.05) is 26.0 Å². The lowest BCUT2D eigenvalue weighted by Gasteiger charge is -2.24. The molecule has 3 atom stereocenters. The molecule has 9 heteroatoms. The first-order valence-corrected chi connectivity index (χ1v) is 10.7. The third kappa shape index (κ3) is 5.81. The van der Waals surface area contributed by atoms with E-state index in [1.54, 1.807) is 13.3 Å². The summed E-state index contributed by atoms with van der Waals surface area (Å²) < 4.78 is 12.5. The van der Waals surface area contributed by atoms with Gasteiger partial charge in [-0.15, -0.1) is 0 Å². The van der Waals surface area contributed by atoms with Gasteiger partial charge in [-0.25, -0.2) is 4.98 Å². The van der Waals surface area contributed by atoms with Crippen LogP contribution in [0, 0.1) is 11.8 Å². The molecule has 0 spiro atoms. The summed E-state index contributed by atoms with van der Waals surface area (Å²) in [4.78, 5) is 41.2. The standard InChI is InChI=1S/C22H30N4O5/c1-4-30-22-17(12-20(28)31-22)25-21(29)15(14(2)3)11-19(27)23-9-10-26-13-24-16-7-5-6-8-18(16)26/h5-8,13-15,17,22H,4,9-12H2,1-3H3,(H,23,27)(H,25,29). The number of esters is 1. The van der Waals surface area contributed by atoms with Crippen molar-refractivity contribution < 1.29 is 23.9 Å². The number of nitrogens with zero attached hydrogens (tertiary/aromatic N) is 2. The number of imidazole rings is 1. The number of hydrogen-bond acceptors (Lipinski definition) is 6. The van der Waals surface area contributed by atoms with E-state index in [4.69, 9.17) is 9.47 Å². The molecule has 1 aliphatic heterocycles. The fraction of sp³-hybridized carbons (Fsp3) is 0.545. The van der Waals surface area contributed by atoms with Crippen molar-refractivity contribution in [1.82, 2.24) is 20.2 Å². The summed E-state index contributed by atoms with van der Waals surface area (Å²) in [7, 11) is 0. The maximum atomic E-state index is 12.8. The van der Waals surface area contributed by atoms with Crippen molar-refractivity contribution in [3.63, 3.8) is 0 Å². The minimum atomic E-state index is -0.784. The molecule has 1 aromatic heterocycles. The van der Waals surface area contributed by atoms with Crippen LogP contribution >= 0.6 is 0 Å². The Morgan fingerprint density at radius 2 is 2.10 bits per heavy atom. The second-order valence-electron chi connectivity index (χ2n) is 7.96. The largest absolute Gasteiger partial charge is 0.433 e. The highest BCUT2D eigenvalue weighted by atomic mass is 16.7. The van der Waals surface area contributed by atoms with Gasteiger partial charge >= 0.3 is 5.97 Å². The fourth-order valence-electron chi connectivity index (χ4n) is 3.67. The van der Waals surface area contributed by atoms with Gasteiger partial charge in [-0.3, -0.25) is 14.4 Å². The van der Waals surface area contributed by atoms with E-state index in [0.29, 0.717) is 19.7 Å². The number of aromatic nitrogens is 2. The van der Waals surface area contributed by atoms with Crippen molar-refractivity contribution in [2.75, 3.05) is 13.2 Å². The van der Waals surface area contributed by atoms with Gasteiger partial charge in [-0.05, 0) is 25.0 Å². The van der Waals surface area contributed by atoms with E-state index < -0.39 is 24.2 Å². The van der Waals surface area contributed by atoms with Crippen LogP contribution < -0.4 is 10.6 Å². The zero-order valence-corrected chi connectivity index (χ0v) is 18.2. The fourth-order valence-corrected chi connectivity index (χ4v) is 3.67. The predicted molar refractivity (Wildman–Crippen MR) is 114 cm³/mol. The second-order valence-corrected chi connectivity index (χ2v) is 7.96. The molecule has 1 aliphatic rings. The third-order valence-electron chi connectivity index (χ3n) is 5.37. The molecule has 9 nitrogen and oxygen atoms in total. The number of benzene rings is 1. The van der Waals surface area contributed by atoms with Crippen LogP contribution in [0.2, 0.25) is 0 Å². The van der Waals surface area contributed by atoms with Crippen molar-refractivity contribution in [3.8, 4) is 0 Å². The maximum Gasteiger partial charge on any atom is 0.310 e. The molecule has 2 aromatic rings. The molecule has 2 N–H and O–H groups in total. The van der Waals surface area contributed by atoms with Crippen LogP contribution in [0.15, 0.2) is 30.6 Å². The van der Waals surface area contributed by atoms with Gasteiger partial charge in [0, 0.05) is 32.0 Å². The number of nitrogens with one attached hydrogen (secondary N) is 2. The number of para-hydroxylation sites is 2. The van der Waals surface area contributed by atoms with Crippen molar-refractivity contribution in [2.24, 2.45) is 11.8 Å². The number of fused-ring (bicyclic) bond motifs is 1. The SMILES string of the molecule is CCOC1OC(=O)CC1NC(=O)C(CC(=O)NCCn1cnc2ccccc21)C(C)C. The Hall–Kier alpha value is -2.94. The molecule has 3 rings (SSSR count). The normalized spacial score (nSPS) is 19.4. The summed E-state index contributed by atoms with van der Waals surface area (Å²) >= 11 is 0. The lowest BCUT2D eigenvalue weighted by Crippen LogP contribution is -2.46. The minimum Gasteiger partial charge on any atom is -0.433 e. The number of carbonyl (C=O) groups excluding carboxylic acids is 3. The van der Waals surface area contributed by atoms with Crippen LogP contribution in [0.1, 0.15) is 33.6 Å². The number of hydrogen-bond donors (Lipinski definition) is 2. The molecule has 0 bridgehead atoms. The average Bonchev–Trinajstić information content (AvgIpc) is 3.29. The van der Waals surface area contributed by atoms with Gasteiger partial charge in [0.15, 0.2) is 0 Å². The Labute approximate surface area is 181 Å². The van der Waals surface area contributed by atoms with Crippen LogP contribution in [0.3, 0.4) is 0 Å². The van der Waals surface area contributed by atoms with Crippen LogP contribution in [-0.2, 0) is 30.4 Å². The topological polar surface area (TPSA) is 112 Å². The molecule has 1 fully saturated rings. The molecule has 0 radical (unpaired) electrons. The van der Waals surface area contributed by atoms with E-state index >= 15 is 0 Å². The monoisotopic (exact) mass is 430 g/mol. The van der Waals surface area contributed by atoms with Gasteiger partial charge in [0.05, 0.1) is 23.8 Å². The Morgan fingerprint density at radius 1 is 1.32 bits per heavy atom. The van der Waals surface area contributed by atoms with Crippen molar-refractivity contribution in [3.05, 3.63) is 30.6 Å². The van der Waals surface area contributed by atoms with Crippen LogP contribution in [0.25, 0.3) is 11.0 Å². The summed E-state index contributed by atoms with van der Waals surface area (Å²) in [5.41, 5.74) is 1.92. The lowest BCUT2D eigenvalue weighted by molar-refractivity contribution is -0.164. The van der Waals surface area contributed by atoms with Gasteiger partial charge < -0.3 is 24.7 Å². The summed E-state index contributed by atoms with van der Waals surface area (Å²) in [6.07, 6.45) is 1.09. The molecule has 3 unspecified atom stereocenters. The minimum absolute atomic E-state index is 0.0492. The number of amides is 2. The molecule has 1 aromatic carbocycles. The third-order valence-corrected chi connectivity index (χ3v) is 5.37. The first kappa shape index (κ1) is 22.7. The summed E-state index contributed by atoms with van der Waals surface area (Å²) in [5.74, 6) is -1.45. The zero-order chi connectivity index (χ0) is 22.4. The summed E-state index contributed by atoms with van der Waals surface area (Å²) in [6.45, 7) is 6.97. The Balaban J connectivity index is 1.51. The Morgan fingerprint density at radius 3 is 2.84 bits per heavy atom. The van der Waals surface area contributed by atoms with E-state index in [1.165, 1.54) is 0 Å². The second kappa shape index (κ2) is 10.4. The highest BCUT2D eigenvalue weighted by molar-refractivity contribution is 5.86. The van der Waals surface area contributed by atoms with Crippen molar-refractivity contribution >= 4 is 28.8 Å². The van der Waals surface area contributed by atoms with Crippen molar-refractivity contribution in [2.45, 2.75) is 52.5 Å². The molecule has 2 heterocycles. The molecular weight excluding hydrogens is 400 g/mol. The highest BCUT2D eigenvalue weighted by Crippen LogP contribution is 2.20. The van der Waals surface area contributed by atoms with Crippen LogP contribution in [0.4, 0.5) is 0 Å². The predicted octanol–water partition coefficient (Wildman–Crippen LogP) is 1.61. The molecule has 0 aliphatic carbocycles. The smallest absolute Gasteiger partial charge is 0.310 e. The molecule has 168 valence electrons. The number of carbonyl (C=O) groups is 3. The first-order chi connectivity index (χ1) is 14.9. The Kier molecular flexibility index (Phi) is 7.62. The Bertz CT molecular complexity index is 926. The van der Waals surface area contributed by atoms with Gasteiger partial charge in [-0.2, -0.15) is 0 Å². The summed E-state index contributed by atoms with van der Waals surface area (Å²) in [5, 5.41) is 5.71. The van der Waals surface area contributed by atoms with Crippen molar-refractivity contribution in [1.29, 1.82) is 0 Å². The van der Waals surface area contributed by atoms with E-state index in [0.717, 1.165) is 11.0 Å². The quantitative estimate of drug-likeness (QED) is 0.554.